The van der Waals surface area contributed by atoms with Crippen molar-refractivity contribution in [2.45, 2.75) is 13.8 Å². The van der Waals surface area contributed by atoms with Gasteiger partial charge in [0.15, 0.2) is 23.2 Å². The average molecular weight is 516 g/mol. The van der Waals surface area contributed by atoms with Crippen LogP contribution in [0.1, 0.15) is 16.7 Å². The van der Waals surface area contributed by atoms with Crippen LogP contribution in [0.5, 0.6) is 11.5 Å². The van der Waals surface area contributed by atoms with Crippen LogP contribution in [0.2, 0.25) is 0 Å². The Kier molecular flexibility index (Phi) is 7.64. The number of hydrogen-bond acceptors (Lipinski definition) is 6. The highest BCUT2D eigenvalue weighted by Gasteiger charge is 2.34. The molecule has 4 rings (SSSR count). The topological polar surface area (TPSA) is 97.0 Å². The van der Waals surface area contributed by atoms with Crippen molar-refractivity contribution in [2.75, 3.05) is 23.9 Å². The maximum atomic E-state index is 13.1. The fourth-order valence-corrected chi connectivity index (χ4v) is 3.97. The molecular formula is C28H25N3O5S. The fraction of sp³-hybridized carbons (Fsp3) is 0.143. The minimum absolute atomic E-state index is 0.0127. The first-order valence-corrected chi connectivity index (χ1v) is 11.8. The number of ether oxygens (including phenoxy) is 2. The van der Waals surface area contributed by atoms with Crippen LogP contribution in [0.4, 0.5) is 11.4 Å². The number of amides is 3. The lowest BCUT2D eigenvalue weighted by atomic mass is 10.1. The highest BCUT2D eigenvalue weighted by molar-refractivity contribution is 7.80. The van der Waals surface area contributed by atoms with E-state index in [4.69, 9.17) is 21.7 Å². The third-order valence-electron chi connectivity index (χ3n) is 5.76. The second-order valence-corrected chi connectivity index (χ2v) is 8.73. The highest BCUT2D eigenvalue weighted by atomic mass is 32.1. The number of aryl methyl sites for hydroxylation is 2. The molecule has 0 unspecified atom stereocenters. The summed E-state index contributed by atoms with van der Waals surface area (Å²) in [5.41, 5.74) is 3.89. The fourth-order valence-electron chi connectivity index (χ4n) is 3.69. The SMILES string of the molecule is COc1cc(/C=C2/C(=O)NC(=S)N(c3ccccc3)C2=O)ccc1OCC(=O)Nc1ccc(C)c(C)c1. The van der Waals surface area contributed by atoms with Gasteiger partial charge in [-0.2, -0.15) is 0 Å². The van der Waals surface area contributed by atoms with Crippen molar-refractivity contribution < 1.29 is 23.9 Å². The van der Waals surface area contributed by atoms with Crippen LogP contribution in [-0.4, -0.2) is 36.6 Å². The molecule has 1 aliphatic heterocycles. The van der Waals surface area contributed by atoms with Crippen molar-refractivity contribution in [3.8, 4) is 11.5 Å². The van der Waals surface area contributed by atoms with E-state index in [0.717, 1.165) is 11.1 Å². The molecule has 2 N–H and O–H groups in total. The van der Waals surface area contributed by atoms with Gasteiger partial charge in [-0.05, 0) is 85.2 Å². The predicted molar refractivity (Wildman–Crippen MR) is 146 cm³/mol. The Morgan fingerprint density at radius 2 is 1.76 bits per heavy atom. The molecule has 188 valence electrons. The van der Waals surface area contributed by atoms with Crippen molar-refractivity contribution in [3.05, 3.63) is 89.0 Å². The Morgan fingerprint density at radius 1 is 1.00 bits per heavy atom. The number of carbonyl (C=O) groups is 3. The minimum Gasteiger partial charge on any atom is -0.493 e. The van der Waals surface area contributed by atoms with Gasteiger partial charge >= 0.3 is 0 Å². The van der Waals surface area contributed by atoms with Crippen LogP contribution < -0.4 is 25.0 Å². The Bertz CT molecular complexity index is 1420. The number of thiocarbonyl (C=S) groups is 1. The van der Waals surface area contributed by atoms with Gasteiger partial charge in [-0.1, -0.05) is 30.3 Å². The molecule has 1 heterocycles. The van der Waals surface area contributed by atoms with Crippen LogP contribution in [-0.2, 0) is 14.4 Å². The van der Waals surface area contributed by atoms with E-state index in [0.29, 0.717) is 28.4 Å². The number of methoxy groups -OCH3 is 1. The first-order valence-electron chi connectivity index (χ1n) is 11.4. The van der Waals surface area contributed by atoms with Crippen molar-refractivity contribution >= 4 is 52.5 Å². The van der Waals surface area contributed by atoms with E-state index in [2.05, 4.69) is 10.6 Å². The smallest absolute Gasteiger partial charge is 0.270 e. The zero-order chi connectivity index (χ0) is 26.5. The van der Waals surface area contributed by atoms with Crippen molar-refractivity contribution in [1.29, 1.82) is 0 Å². The van der Waals surface area contributed by atoms with Gasteiger partial charge in [-0.25, -0.2) is 0 Å². The van der Waals surface area contributed by atoms with Gasteiger partial charge in [0, 0.05) is 5.69 Å². The summed E-state index contributed by atoms with van der Waals surface area (Å²) in [6.45, 7) is 3.75. The summed E-state index contributed by atoms with van der Waals surface area (Å²) in [6.07, 6.45) is 1.45. The van der Waals surface area contributed by atoms with E-state index in [1.165, 1.54) is 18.1 Å². The van der Waals surface area contributed by atoms with Crippen LogP contribution in [0.3, 0.4) is 0 Å². The van der Waals surface area contributed by atoms with Gasteiger partial charge in [0.1, 0.15) is 5.57 Å². The molecule has 1 saturated heterocycles. The van der Waals surface area contributed by atoms with E-state index >= 15 is 0 Å². The lowest BCUT2D eigenvalue weighted by molar-refractivity contribution is -0.122. The molecule has 0 aromatic heterocycles. The molecule has 8 nitrogen and oxygen atoms in total. The Hall–Kier alpha value is -4.50. The summed E-state index contributed by atoms with van der Waals surface area (Å²) < 4.78 is 11.1. The van der Waals surface area contributed by atoms with Gasteiger partial charge in [0.2, 0.25) is 0 Å². The standard InChI is InChI=1S/C28H25N3O5S/c1-17-9-11-20(13-18(17)2)29-25(32)16-36-23-12-10-19(15-24(23)35-3)14-22-26(33)30-28(37)31(27(22)34)21-7-5-4-6-8-21/h4-15H,16H2,1-3H3,(H,29,32)(H,30,33,37)/b22-14-. The molecule has 1 aliphatic rings. The molecule has 0 aliphatic carbocycles. The maximum absolute atomic E-state index is 13.1. The first-order chi connectivity index (χ1) is 17.8. The van der Waals surface area contributed by atoms with Crippen molar-refractivity contribution in [3.63, 3.8) is 0 Å². The van der Waals surface area contributed by atoms with E-state index < -0.39 is 11.8 Å². The number of benzene rings is 3. The van der Waals surface area contributed by atoms with Gasteiger partial charge in [-0.15, -0.1) is 0 Å². The minimum atomic E-state index is -0.593. The summed E-state index contributed by atoms with van der Waals surface area (Å²) in [7, 11) is 1.46. The molecule has 0 saturated carbocycles. The molecule has 1 fully saturated rings. The van der Waals surface area contributed by atoms with Gasteiger partial charge in [0.05, 0.1) is 12.8 Å². The van der Waals surface area contributed by atoms with Gasteiger partial charge < -0.3 is 14.8 Å². The number of carbonyl (C=O) groups excluding carboxylic acids is 3. The van der Waals surface area contributed by atoms with Crippen LogP contribution in [0, 0.1) is 13.8 Å². The molecule has 9 heteroatoms. The summed E-state index contributed by atoms with van der Waals surface area (Å²) >= 11 is 5.22. The predicted octanol–water partition coefficient (Wildman–Crippen LogP) is 4.16. The lowest BCUT2D eigenvalue weighted by Gasteiger charge is -2.28. The first kappa shape index (κ1) is 25.6. The number of hydrogen-bond donors (Lipinski definition) is 2. The van der Waals surface area contributed by atoms with Crippen LogP contribution in [0.25, 0.3) is 6.08 Å². The largest absolute Gasteiger partial charge is 0.493 e. The van der Waals surface area contributed by atoms with E-state index in [1.54, 1.807) is 42.5 Å². The molecule has 3 aromatic rings. The summed E-state index contributed by atoms with van der Waals surface area (Å²) in [5, 5.41) is 5.37. The molecule has 0 atom stereocenters. The Labute approximate surface area is 219 Å². The van der Waals surface area contributed by atoms with Crippen molar-refractivity contribution in [2.24, 2.45) is 0 Å². The summed E-state index contributed by atoms with van der Waals surface area (Å²) in [5.74, 6) is -0.775. The highest BCUT2D eigenvalue weighted by Crippen LogP contribution is 2.30. The number of nitrogens with zero attached hydrogens (tertiary/aromatic N) is 1. The van der Waals surface area contributed by atoms with Crippen LogP contribution >= 0.6 is 12.2 Å². The third kappa shape index (κ3) is 5.84. The van der Waals surface area contributed by atoms with Gasteiger partial charge in [0.25, 0.3) is 17.7 Å². The zero-order valence-electron chi connectivity index (χ0n) is 20.5. The molecule has 37 heavy (non-hydrogen) atoms. The molecule has 0 spiro atoms. The zero-order valence-corrected chi connectivity index (χ0v) is 21.3. The number of anilines is 2. The van der Waals surface area contributed by atoms with E-state index in [9.17, 15) is 14.4 Å². The molecular weight excluding hydrogens is 490 g/mol. The maximum Gasteiger partial charge on any atom is 0.270 e. The second-order valence-electron chi connectivity index (χ2n) is 8.34. The number of nitrogens with one attached hydrogen (secondary N) is 2. The third-order valence-corrected chi connectivity index (χ3v) is 6.05. The average Bonchev–Trinajstić information content (AvgIpc) is 2.88. The number of para-hydroxylation sites is 1. The van der Waals surface area contributed by atoms with Crippen LogP contribution in [0.15, 0.2) is 72.3 Å². The van der Waals surface area contributed by atoms with E-state index in [1.807, 2.05) is 38.1 Å². The quantitative estimate of drug-likeness (QED) is 0.279. The summed E-state index contributed by atoms with van der Waals surface area (Å²) in [4.78, 5) is 39.4. The lowest BCUT2D eigenvalue weighted by Crippen LogP contribution is -2.54. The van der Waals surface area contributed by atoms with E-state index in [-0.39, 0.29) is 23.2 Å². The molecule has 0 bridgehead atoms. The summed E-state index contributed by atoms with van der Waals surface area (Å²) in [6, 6.07) is 19.4. The number of rotatable bonds is 7. The Balaban J connectivity index is 1.49. The second kappa shape index (κ2) is 11.0. The van der Waals surface area contributed by atoms with Gasteiger partial charge in [-0.3, -0.25) is 24.6 Å². The molecule has 0 radical (unpaired) electrons. The monoisotopic (exact) mass is 515 g/mol. The molecule has 3 amide bonds. The molecule has 3 aromatic carbocycles. The van der Waals surface area contributed by atoms with Crippen molar-refractivity contribution in [1.82, 2.24) is 5.32 Å². The normalized spacial score (nSPS) is 14.4. The Morgan fingerprint density at radius 3 is 2.46 bits per heavy atom.